The Morgan fingerprint density at radius 1 is 1.27 bits per heavy atom. The third-order valence-corrected chi connectivity index (χ3v) is 4.51. The van der Waals surface area contributed by atoms with Gasteiger partial charge in [-0.3, -0.25) is 9.48 Å². The molecule has 0 spiro atoms. The fourth-order valence-electron chi connectivity index (χ4n) is 3.31. The first-order valence-corrected chi connectivity index (χ1v) is 8.60. The third kappa shape index (κ3) is 3.24. The van der Waals surface area contributed by atoms with E-state index in [2.05, 4.69) is 10.2 Å². The standard InChI is InChI=1S/C19H19FN4O2/c1-13-9-21-23(10-13)11-19(25)26-12-17-16-3-2-4-18(16)24(22-17)15-7-5-14(20)6-8-15/h5-10H,2-4,11-12H2,1H3. The number of hydrogen-bond acceptors (Lipinski definition) is 4. The van der Waals surface area contributed by atoms with Gasteiger partial charge in [-0.05, 0) is 56.0 Å². The van der Waals surface area contributed by atoms with Gasteiger partial charge >= 0.3 is 5.97 Å². The third-order valence-electron chi connectivity index (χ3n) is 4.51. The van der Waals surface area contributed by atoms with E-state index < -0.39 is 0 Å². The highest BCUT2D eigenvalue weighted by molar-refractivity contribution is 5.69. The van der Waals surface area contributed by atoms with Crippen molar-refractivity contribution in [3.8, 4) is 5.69 Å². The highest BCUT2D eigenvalue weighted by atomic mass is 19.1. The summed E-state index contributed by atoms with van der Waals surface area (Å²) in [6.45, 7) is 2.13. The van der Waals surface area contributed by atoms with E-state index >= 15 is 0 Å². The molecular weight excluding hydrogens is 335 g/mol. The van der Waals surface area contributed by atoms with E-state index in [1.807, 2.05) is 11.6 Å². The Kier molecular flexibility index (Phi) is 4.28. The van der Waals surface area contributed by atoms with Crippen molar-refractivity contribution in [3.63, 3.8) is 0 Å². The highest BCUT2D eigenvalue weighted by Gasteiger charge is 2.24. The maximum atomic E-state index is 13.2. The average molecular weight is 354 g/mol. The van der Waals surface area contributed by atoms with E-state index in [1.54, 1.807) is 29.2 Å². The molecule has 4 rings (SSSR count). The van der Waals surface area contributed by atoms with Crippen LogP contribution in [0.4, 0.5) is 4.39 Å². The van der Waals surface area contributed by atoms with Gasteiger partial charge in [-0.2, -0.15) is 10.2 Å². The summed E-state index contributed by atoms with van der Waals surface area (Å²) in [5.74, 6) is -0.628. The number of carbonyl (C=O) groups is 1. The normalized spacial score (nSPS) is 13.0. The van der Waals surface area contributed by atoms with Gasteiger partial charge in [0.15, 0.2) is 0 Å². The molecule has 2 heterocycles. The Morgan fingerprint density at radius 2 is 2.08 bits per heavy atom. The van der Waals surface area contributed by atoms with Crippen molar-refractivity contribution in [3.05, 3.63) is 65.0 Å². The predicted molar refractivity (Wildman–Crippen MR) is 92.3 cm³/mol. The number of aromatic nitrogens is 4. The fraction of sp³-hybridized carbons (Fsp3) is 0.316. The number of carbonyl (C=O) groups excluding carboxylic acids is 1. The summed E-state index contributed by atoms with van der Waals surface area (Å²) in [6.07, 6.45) is 6.37. The molecule has 0 unspecified atom stereocenters. The van der Waals surface area contributed by atoms with Crippen LogP contribution < -0.4 is 0 Å². The minimum absolute atomic E-state index is 0.0781. The van der Waals surface area contributed by atoms with Crippen molar-refractivity contribution in [2.24, 2.45) is 0 Å². The maximum absolute atomic E-state index is 13.2. The molecule has 0 amide bonds. The molecule has 0 bridgehead atoms. The lowest BCUT2D eigenvalue weighted by molar-refractivity contribution is -0.146. The van der Waals surface area contributed by atoms with Crippen LogP contribution in [0.5, 0.6) is 0 Å². The van der Waals surface area contributed by atoms with Crippen molar-refractivity contribution >= 4 is 5.97 Å². The number of esters is 1. The van der Waals surface area contributed by atoms with Crippen LogP contribution in [0.15, 0.2) is 36.7 Å². The van der Waals surface area contributed by atoms with E-state index in [0.29, 0.717) is 0 Å². The first kappa shape index (κ1) is 16.5. The SMILES string of the molecule is Cc1cnn(CC(=O)OCc2nn(-c3ccc(F)cc3)c3c2CCC3)c1. The minimum Gasteiger partial charge on any atom is -0.458 e. The van der Waals surface area contributed by atoms with Crippen molar-refractivity contribution in [2.45, 2.75) is 39.3 Å². The Labute approximate surface area is 150 Å². The molecule has 0 saturated carbocycles. The molecule has 0 atom stereocenters. The Balaban J connectivity index is 1.49. The molecule has 1 aromatic carbocycles. The summed E-state index contributed by atoms with van der Waals surface area (Å²) in [7, 11) is 0. The van der Waals surface area contributed by atoms with Gasteiger partial charge in [-0.25, -0.2) is 9.07 Å². The van der Waals surface area contributed by atoms with E-state index in [-0.39, 0.29) is 24.9 Å². The van der Waals surface area contributed by atoms with Gasteiger partial charge in [0.05, 0.1) is 11.9 Å². The second-order valence-corrected chi connectivity index (χ2v) is 6.49. The maximum Gasteiger partial charge on any atom is 0.328 e. The molecule has 0 fully saturated rings. The van der Waals surface area contributed by atoms with Crippen molar-refractivity contribution in [1.82, 2.24) is 19.6 Å². The van der Waals surface area contributed by atoms with Crippen LogP contribution in [0.3, 0.4) is 0 Å². The molecule has 1 aliphatic carbocycles. The second-order valence-electron chi connectivity index (χ2n) is 6.49. The molecule has 7 heteroatoms. The quantitative estimate of drug-likeness (QED) is 0.661. The van der Waals surface area contributed by atoms with Crippen LogP contribution in [-0.4, -0.2) is 25.5 Å². The van der Waals surface area contributed by atoms with E-state index in [9.17, 15) is 9.18 Å². The summed E-state index contributed by atoms with van der Waals surface area (Å²) in [6, 6.07) is 6.25. The van der Waals surface area contributed by atoms with Crippen LogP contribution in [0.2, 0.25) is 0 Å². The molecule has 0 N–H and O–H groups in total. The van der Waals surface area contributed by atoms with E-state index in [4.69, 9.17) is 4.74 Å². The number of hydrogen-bond donors (Lipinski definition) is 0. The number of ether oxygens (including phenoxy) is 1. The van der Waals surface area contributed by atoms with Gasteiger partial charge in [-0.1, -0.05) is 0 Å². The number of benzene rings is 1. The summed E-state index contributed by atoms with van der Waals surface area (Å²) in [5, 5.41) is 8.69. The number of nitrogens with zero attached hydrogens (tertiary/aromatic N) is 4. The average Bonchev–Trinajstić information content (AvgIpc) is 3.31. The molecule has 0 saturated heterocycles. The lowest BCUT2D eigenvalue weighted by Crippen LogP contribution is -2.14. The molecule has 1 aliphatic rings. The Morgan fingerprint density at radius 3 is 2.81 bits per heavy atom. The first-order chi connectivity index (χ1) is 12.6. The van der Waals surface area contributed by atoms with Gasteiger partial charge in [-0.15, -0.1) is 0 Å². The van der Waals surface area contributed by atoms with Crippen molar-refractivity contribution in [1.29, 1.82) is 0 Å². The van der Waals surface area contributed by atoms with Crippen LogP contribution >= 0.6 is 0 Å². The lowest BCUT2D eigenvalue weighted by Gasteiger charge is -2.06. The summed E-state index contributed by atoms with van der Waals surface area (Å²) < 4.78 is 22.0. The molecule has 3 aromatic rings. The molecule has 0 aliphatic heterocycles. The number of aryl methyl sites for hydroxylation is 1. The number of halogens is 1. The predicted octanol–water partition coefficient (Wildman–Crippen LogP) is 2.75. The topological polar surface area (TPSA) is 61.9 Å². The van der Waals surface area contributed by atoms with Gasteiger partial charge in [0.1, 0.15) is 24.7 Å². The first-order valence-electron chi connectivity index (χ1n) is 8.60. The number of rotatable bonds is 5. The molecule has 2 aromatic heterocycles. The Bertz CT molecular complexity index is 943. The van der Waals surface area contributed by atoms with Crippen molar-refractivity contribution < 1.29 is 13.9 Å². The fourth-order valence-corrected chi connectivity index (χ4v) is 3.31. The molecular formula is C19H19FN4O2. The zero-order chi connectivity index (χ0) is 18.1. The van der Waals surface area contributed by atoms with Gasteiger partial charge in [0, 0.05) is 17.5 Å². The van der Waals surface area contributed by atoms with Crippen LogP contribution in [0, 0.1) is 12.7 Å². The zero-order valence-electron chi connectivity index (χ0n) is 14.5. The van der Waals surface area contributed by atoms with E-state index in [1.165, 1.54) is 12.1 Å². The van der Waals surface area contributed by atoms with Gasteiger partial charge in [0.25, 0.3) is 0 Å². The minimum atomic E-state index is -0.351. The molecule has 6 nitrogen and oxygen atoms in total. The van der Waals surface area contributed by atoms with Gasteiger partial charge in [0.2, 0.25) is 0 Å². The zero-order valence-corrected chi connectivity index (χ0v) is 14.5. The number of fused-ring (bicyclic) bond motifs is 1. The second kappa shape index (κ2) is 6.74. The summed E-state index contributed by atoms with van der Waals surface area (Å²) in [4.78, 5) is 12.1. The largest absolute Gasteiger partial charge is 0.458 e. The summed E-state index contributed by atoms with van der Waals surface area (Å²) in [5.41, 5.74) is 4.83. The molecule has 0 radical (unpaired) electrons. The molecule has 26 heavy (non-hydrogen) atoms. The lowest BCUT2D eigenvalue weighted by atomic mass is 10.2. The smallest absolute Gasteiger partial charge is 0.328 e. The monoisotopic (exact) mass is 354 g/mol. The highest BCUT2D eigenvalue weighted by Crippen LogP contribution is 2.28. The van der Waals surface area contributed by atoms with Crippen LogP contribution in [0.1, 0.15) is 28.9 Å². The van der Waals surface area contributed by atoms with Crippen LogP contribution in [-0.2, 0) is 35.5 Å². The van der Waals surface area contributed by atoms with Crippen LogP contribution in [0.25, 0.3) is 5.69 Å². The molecule has 134 valence electrons. The van der Waals surface area contributed by atoms with E-state index in [0.717, 1.165) is 47.5 Å². The summed E-state index contributed by atoms with van der Waals surface area (Å²) >= 11 is 0. The Hall–Kier alpha value is -2.96. The van der Waals surface area contributed by atoms with Crippen molar-refractivity contribution in [2.75, 3.05) is 0 Å². The van der Waals surface area contributed by atoms with Gasteiger partial charge < -0.3 is 4.74 Å².